The summed E-state index contributed by atoms with van der Waals surface area (Å²) in [5, 5.41) is 8.49. The van der Waals surface area contributed by atoms with E-state index in [4.69, 9.17) is 0 Å². The molecule has 7 heteroatoms. The summed E-state index contributed by atoms with van der Waals surface area (Å²) >= 11 is 0. The van der Waals surface area contributed by atoms with Crippen molar-refractivity contribution in [3.8, 4) is 0 Å². The zero-order valence-electron chi connectivity index (χ0n) is 15.2. The molecule has 1 aliphatic rings. The van der Waals surface area contributed by atoms with Crippen LogP contribution >= 0.6 is 0 Å². The minimum Gasteiger partial charge on any atom is -0.285 e. The van der Waals surface area contributed by atoms with Crippen molar-refractivity contribution in [3.63, 3.8) is 0 Å². The molecule has 0 aliphatic carbocycles. The van der Waals surface area contributed by atoms with E-state index in [1.54, 1.807) is 4.31 Å². The quantitative estimate of drug-likeness (QED) is 0.710. The first kappa shape index (κ1) is 17.2. The van der Waals surface area contributed by atoms with Crippen LogP contribution in [0, 0.1) is 20.8 Å². The second kappa shape index (κ2) is 6.17. The molecule has 136 valence electrons. The van der Waals surface area contributed by atoms with Crippen LogP contribution in [-0.2, 0) is 10.0 Å². The molecule has 2 aromatic heterocycles. The summed E-state index contributed by atoms with van der Waals surface area (Å²) in [5.74, 6) is 0.684. The van der Waals surface area contributed by atoms with Crippen LogP contribution in [0.4, 0.5) is 0 Å². The van der Waals surface area contributed by atoms with E-state index in [-0.39, 0.29) is 6.04 Å². The zero-order chi connectivity index (χ0) is 18.5. The standard InChI is InChI=1S/C19H22N4O2S/c1-13-11-14(2)18(15(3)12-13)26(24,25)23-10-6-7-16(23)19-21-20-17-8-4-5-9-22(17)19/h4-5,8-9,11-12,16H,6-7,10H2,1-3H3. The fraction of sp³-hybridized carbons (Fsp3) is 0.368. The van der Waals surface area contributed by atoms with Gasteiger partial charge in [0.1, 0.15) is 0 Å². The maximum absolute atomic E-state index is 13.5. The van der Waals surface area contributed by atoms with Gasteiger partial charge in [0.25, 0.3) is 0 Å². The summed E-state index contributed by atoms with van der Waals surface area (Å²) in [4.78, 5) is 0.420. The summed E-state index contributed by atoms with van der Waals surface area (Å²) in [7, 11) is -3.61. The summed E-state index contributed by atoms with van der Waals surface area (Å²) < 4.78 is 30.5. The fourth-order valence-electron chi connectivity index (χ4n) is 4.06. The second-order valence-electron chi connectivity index (χ2n) is 6.99. The van der Waals surface area contributed by atoms with Crippen molar-refractivity contribution < 1.29 is 8.42 Å². The second-order valence-corrected chi connectivity index (χ2v) is 8.82. The first-order chi connectivity index (χ1) is 12.4. The van der Waals surface area contributed by atoms with Gasteiger partial charge in [-0.05, 0) is 56.9 Å². The molecular weight excluding hydrogens is 348 g/mol. The highest BCUT2D eigenvalue weighted by molar-refractivity contribution is 7.89. The van der Waals surface area contributed by atoms with Crippen LogP contribution in [0.15, 0.2) is 41.4 Å². The van der Waals surface area contributed by atoms with Gasteiger partial charge in [0.15, 0.2) is 11.5 Å². The van der Waals surface area contributed by atoms with E-state index >= 15 is 0 Å². The van der Waals surface area contributed by atoms with Crippen LogP contribution in [0.5, 0.6) is 0 Å². The number of aryl methyl sites for hydroxylation is 3. The maximum atomic E-state index is 13.5. The van der Waals surface area contributed by atoms with Gasteiger partial charge in [-0.15, -0.1) is 10.2 Å². The molecule has 3 heterocycles. The minimum atomic E-state index is -3.61. The Kier molecular flexibility index (Phi) is 4.08. The molecule has 6 nitrogen and oxygen atoms in total. The van der Waals surface area contributed by atoms with Gasteiger partial charge in [-0.25, -0.2) is 8.42 Å². The highest BCUT2D eigenvalue weighted by atomic mass is 32.2. The molecule has 1 atom stereocenters. The van der Waals surface area contributed by atoms with E-state index in [1.807, 2.05) is 61.7 Å². The van der Waals surface area contributed by atoms with E-state index in [2.05, 4.69) is 10.2 Å². The lowest BCUT2D eigenvalue weighted by Gasteiger charge is -2.25. The van der Waals surface area contributed by atoms with Gasteiger partial charge in [0.2, 0.25) is 10.0 Å². The Balaban J connectivity index is 1.82. The monoisotopic (exact) mass is 370 g/mol. The van der Waals surface area contributed by atoms with Crippen molar-refractivity contribution in [2.45, 2.75) is 44.6 Å². The van der Waals surface area contributed by atoms with Crippen molar-refractivity contribution in [1.82, 2.24) is 18.9 Å². The Hall–Kier alpha value is -2.25. The van der Waals surface area contributed by atoms with Crippen molar-refractivity contribution in [2.24, 2.45) is 0 Å². The molecule has 1 aliphatic heterocycles. The number of fused-ring (bicyclic) bond motifs is 1. The Bertz CT molecular complexity index is 1060. The Morgan fingerprint density at radius 1 is 1.08 bits per heavy atom. The molecule has 0 saturated carbocycles. The molecule has 1 fully saturated rings. The molecular formula is C19H22N4O2S. The number of sulfonamides is 1. The summed E-state index contributed by atoms with van der Waals surface area (Å²) in [6.07, 6.45) is 3.45. The van der Waals surface area contributed by atoms with Crippen LogP contribution in [0.25, 0.3) is 5.65 Å². The molecule has 1 aromatic carbocycles. The van der Waals surface area contributed by atoms with Gasteiger partial charge < -0.3 is 0 Å². The van der Waals surface area contributed by atoms with Crippen molar-refractivity contribution >= 4 is 15.7 Å². The third kappa shape index (κ3) is 2.62. The van der Waals surface area contributed by atoms with Gasteiger partial charge in [0.05, 0.1) is 10.9 Å². The van der Waals surface area contributed by atoms with E-state index < -0.39 is 10.0 Å². The van der Waals surface area contributed by atoms with Gasteiger partial charge in [0, 0.05) is 12.7 Å². The molecule has 0 N–H and O–H groups in total. The van der Waals surface area contributed by atoms with Crippen LogP contribution in [0.2, 0.25) is 0 Å². The summed E-state index contributed by atoms with van der Waals surface area (Å²) in [5.41, 5.74) is 3.38. The topological polar surface area (TPSA) is 67.6 Å². The lowest BCUT2D eigenvalue weighted by molar-refractivity contribution is 0.381. The predicted octanol–water partition coefficient (Wildman–Crippen LogP) is 3.18. The molecule has 1 saturated heterocycles. The average Bonchev–Trinajstić information content (AvgIpc) is 3.20. The highest BCUT2D eigenvalue weighted by Gasteiger charge is 2.39. The first-order valence-corrected chi connectivity index (χ1v) is 10.2. The number of pyridine rings is 1. The molecule has 26 heavy (non-hydrogen) atoms. The molecule has 0 bridgehead atoms. The van der Waals surface area contributed by atoms with Crippen LogP contribution < -0.4 is 0 Å². The molecule has 3 aromatic rings. The zero-order valence-corrected chi connectivity index (χ0v) is 16.0. The van der Waals surface area contributed by atoms with Gasteiger partial charge in [-0.1, -0.05) is 23.8 Å². The molecule has 0 spiro atoms. The summed E-state index contributed by atoms with van der Waals surface area (Å²) in [6.45, 7) is 6.22. The number of hydrogen-bond acceptors (Lipinski definition) is 4. The summed E-state index contributed by atoms with van der Waals surface area (Å²) in [6, 6.07) is 9.24. The van der Waals surface area contributed by atoms with E-state index in [0.29, 0.717) is 17.3 Å². The SMILES string of the molecule is Cc1cc(C)c(S(=O)(=O)N2CCCC2c2nnc3ccccn23)c(C)c1. The van der Waals surface area contributed by atoms with Gasteiger partial charge >= 0.3 is 0 Å². The number of hydrogen-bond donors (Lipinski definition) is 0. The lowest BCUT2D eigenvalue weighted by Crippen LogP contribution is -2.32. The largest absolute Gasteiger partial charge is 0.285 e. The van der Waals surface area contributed by atoms with Crippen molar-refractivity contribution in [2.75, 3.05) is 6.54 Å². The number of benzene rings is 1. The van der Waals surface area contributed by atoms with Gasteiger partial charge in [-0.2, -0.15) is 4.31 Å². The van der Waals surface area contributed by atoms with E-state index in [9.17, 15) is 8.42 Å². The van der Waals surface area contributed by atoms with Crippen LogP contribution in [-0.4, -0.2) is 33.9 Å². The van der Waals surface area contributed by atoms with Crippen molar-refractivity contribution in [3.05, 3.63) is 59.0 Å². The minimum absolute atomic E-state index is 0.294. The third-order valence-corrected chi connectivity index (χ3v) is 7.23. The van der Waals surface area contributed by atoms with Gasteiger partial charge in [-0.3, -0.25) is 4.40 Å². The van der Waals surface area contributed by atoms with E-state index in [1.165, 1.54) is 0 Å². The normalized spacial score (nSPS) is 18.7. The van der Waals surface area contributed by atoms with Crippen LogP contribution in [0.1, 0.15) is 41.4 Å². The molecule has 0 amide bonds. The Labute approximate surface area is 153 Å². The predicted molar refractivity (Wildman–Crippen MR) is 99.5 cm³/mol. The number of rotatable bonds is 3. The van der Waals surface area contributed by atoms with E-state index in [0.717, 1.165) is 35.2 Å². The first-order valence-electron chi connectivity index (χ1n) is 8.79. The number of nitrogens with zero attached hydrogens (tertiary/aromatic N) is 4. The number of aromatic nitrogens is 3. The molecule has 4 rings (SSSR count). The molecule has 0 radical (unpaired) electrons. The smallest absolute Gasteiger partial charge is 0.244 e. The molecule has 1 unspecified atom stereocenters. The fourth-order valence-corrected chi connectivity index (χ4v) is 6.13. The third-order valence-electron chi connectivity index (χ3n) is 5.01. The van der Waals surface area contributed by atoms with Crippen LogP contribution in [0.3, 0.4) is 0 Å². The lowest BCUT2D eigenvalue weighted by atomic mass is 10.1. The Morgan fingerprint density at radius 2 is 1.81 bits per heavy atom. The van der Waals surface area contributed by atoms with Crippen molar-refractivity contribution in [1.29, 1.82) is 0 Å². The Morgan fingerprint density at radius 3 is 2.54 bits per heavy atom. The average molecular weight is 370 g/mol. The maximum Gasteiger partial charge on any atom is 0.244 e. The highest BCUT2D eigenvalue weighted by Crippen LogP contribution is 2.37.